The first-order chi connectivity index (χ1) is 8.77. The Morgan fingerprint density at radius 3 is 2.79 bits per heavy atom. The Morgan fingerprint density at radius 2 is 2.11 bits per heavy atom. The van der Waals surface area contributed by atoms with Gasteiger partial charge in [0.05, 0.1) is 5.92 Å². The second kappa shape index (κ2) is 3.85. The van der Waals surface area contributed by atoms with Crippen LogP contribution in [0.25, 0.3) is 0 Å². The third-order valence-corrected chi connectivity index (χ3v) is 6.05. The Kier molecular flexibility index (Phi) is 2.66. The van der Waals surface area contributed by atoms with Crippen LogP contribution >= 0.6 is 0 Å². The van der Waals surface area contributed by atoms with E-state index in [9.17, 15) is 9.90 Å². The molecule has 0 spiro atoms. The van der Waals surface area contributed by atoms with E-state index in [0.29, 0.717) is 18.3 Å². The molecule has 1 N–H and O–H groups in total. The summed E-state index contributed by atoms with van der Waals surface area (Å²) in [4.78, 5) is 11.8. The summed E-state index contributed by atoms with van der Waals surface area (Å²) in [6.07, 6.45) is 3.61. The molecule has 0 aromatic heterocycles. The van der Waals surface area contributed by atoms with Gasteiger partial charge in [0, 0.05) is 12.3 Å². The number of hydrogen-bond donors (Lipinski definition) is 1. The zero-order chi connectivity index (χ0) is 14.0. The van der Waals surface area contributed by atoms with Crippen molar-refractivity contribution in [1.82, 2.24) is 0 Å². The highest BCUT2D eigenvalue weighted by molar-refractivity contribution is 5.75. The number of fused-ring (bicyclic) bond motifs is 2. The van der Waals surface area contributed by atoms with Crippen LogP contribution in [-0.2, 0) is 9.53 Å². The van der Waals surface area contributed by atoms with Gasteiger partial charge in [-0.2, -0.15) is 0 Å². The van der Waals surface area contributed by atoms with Crippen LogP contribution in [0.5, 0.6) is 0 Å². The summed E-state index contributed by atoms with van der Waals surface area (Å²) < 4.78 is 5.33. The highest BCUT2D eigenvalue weighted by Crippen LogP contribution is 2.60. The molecule has 0 aromatic rings. The topological polar surface area (TPSA) is 46.5 Å². The Balaban J connectivity index is 1.95. The maximum Gasteiger partial charge on any atom is 0.311 e. The minimum Gasteiger partial charge on any atom is -0.433 e. The smallest absolute Gasteiger partial charge is 0.311 e. The SMILES string of the molecule is C=C1[C@H](C)CC[C@]2(C)C[C@]3(O)OC(=O)[C@@H](C)[C@@H]3C[C@H]12. The summed E-state index contributed by atoms with van der Waals surface area (Å²) in [6.45, 7) is 10.6. The van der Waals surface area contributed by atoms with Crippen molar-refractivity contribution in [3.63, 3.8) is 0 Å². The predicted octanol–water partition coefficient (Wildman–Crippen LogP) is 2.89. The zero-order valence-corrected chi connectivity index (χ0v) is 12.1. The summed E-state index contributed by atoms with van der Waals surface area (Å²) in [7, 11) is 0. The van der Waals surface area contributed by atoms with E-state index in [0.717, 1.165) is 19.3 Å². The van der Waals surface area contributed by atoms with Crippen LogP contribution in [0.1, 0.15) is 46.5 Å². The Hall–Kier alpha value is -0.830. The first-order valence-electron chi connectivity index (χ1n) is 7.41. The average molecular weight is 264 g/mol. The maximum absolute atomic E-state index is 11.8. The van der Waals surface area contributed by atoms with Crippen molar-refractivity contribution < 1.29 is 14.6 Å². The quantitative estimate of drug-likeness (QED) is 0.540. The minimum absolute atomic E-state index is 0.0270. The molecule has 2 aliphatic carbocycles. The molecule has 1 heterocycles. The number of carbonyl (C=O) groups is 1. The van der Waals surface area contributed by atoms with E-state index in [1.54, 1.807) is 0 Å². The van der Waals surface area contributed by atoms with Crippen LogP contribution in [0.4, 0.5) is 0 Å². The van der Waals surface area contributed by atoms with E-state index in [1.165, 1.54) is 5.57 Å². The normalized spacial score (nSPS) is 53.5. The van der Waals surface area contributed by atoms with Gasteiger partial charge in [0.2, 0.25) is 5.79 Å². The third-order valence-electron chi connectivity index (χ3n) is 6.05. The molecule has 3 nitrogen and oxygen atoms in total. The molecule has 3 fully saturated rings. The lowest BCUT2D eigenvalue weighted by Gasteiger charge is -2.53. The van der Waals surface area contributed by atoms with E-state index in [4.69, 9.17) is 4.74 Å². The Morgan fingerprint density at radius 1 is 1.42 bits per heavy atom. The molecule has 2 saturated carbocycles. The molecule has 1 saturated heterocycles. The lowest BCUT2D eigenvalue weighted by molar-refractivity contribution is -0.238. The monoisotopic (exact) mass is 264 g/mol. The zero-order valence-electron chi connectivity index (χ0n) is 12.1. The number of aliphatic hydroxyl groups is 1. The largest absolute Gasteiger partial charge is 0.433 e. The van der Waals surface area contributed by atoms with Crippen molar-refractivity contribution in [3.8, 4) is 0 Å². The van der Waals surface area contributed by atoms with Crippen molar-refractivity contribution in [2.75, 3.05) is 0 Å². The van der Waals surface area contributed by atoms with Crippen LogP contribution in [0.2, 0.25) is 0 Å². The fourth-order valence-electron chi connectivity index (χ4n) is 4.63. The maximum atomic E-state index is 11.8. The molecule has 6 atom stereocenters. The van der Waals surface area contributed by atoms with E-state index in [2.05, 4.69) is 20.4 Å². The molecule has 3 rings (SSSR count). The molecule has 0 bridgehead atoms. The van der Waals surface area contributed by atoms with E-state index in [-0.39, 0.29) is 23.2 Å². The number of esters is 1. The van der Waals surface area contributed by atoms with E-state index >= 15 is 0 Å². The van der Waals surface area contributed by atoms with Crippen LogP contribution in [0, 0.1) is 29.1 Å². The Bertz CT molecular complexity index is 443. The van der Waals surface area contributed by atoms with Crippen molar-refractivity contribution in [2.24, 2.45) is 29.1 Å². The molecule has 19 heavy (non-hydrogen) atoms. The third kappa shape index (κ3) is 1.70. The van der Waals surface area contributed by atoms with Gasteiger partial charge >= 0.3 is 5.97 Å². The lowest BCUT2D eigenvalue weighted by Crippen LogP contribution is -2.52. The highest BCUT2D eigenvalue weighted by atomic mass is 16.7. The number of carbonyl (C=O) groups excluding carboxylic acids is 1. The van der Waals surface area contributed by atoms with Crippen LogP contribution < -0.4 is 0 Å². The molecule has 3 heteroatoms. The minimum atomic E-state index is -1.23. The lowest BCUT2D eigenvalue weighted by atomic mass is 9.53. The van der Waals surface area contributed by atoms with Crippen LogP contribution in [0.15, 0.2) is 12.2 Å². The summed E-state index contributed by atoms with van der Waals surface area (Å²) in [6, 6.07) is 0. The first kappa shape index (κ1) is 13.2. The molecular formula is C16H24O3. The van der Waals surface area contributed by atoms with Gasteiger partial charge in [-0.3, -0.25) is 4.79 Å². The van der Waals surface area contributed by atoms with Gasteiger partial charge in [0.1, 0.15) is 0 Å². The molecule has 3 aliphatic rings. The van der Waals surface area contributed by atoms with Gasteiger partial charge in [-0.1, -0.05) is 32.9 Å². The van der Waals surface area contributed by atoms with Gasteiger partial charge < -0.3 is 9.84 Å². The van der Waals surface area contributed by atoms with Gasteiger partial charge in [-0.25, -0.2) is 0 Å². The number of rotatable bonds is 0. The van der Waals surface area contributed by atoms with Crippen molar-refractivity contribution in [2.45, 2.75) is 52.2 Å². The fourth-order valence-corrected chi connectivity index (χ4v) is 4.63. The van der Waals surface area contributed by atoms with Gasteiger partial charge in [0.25, 0.3) is 0 Å². The van der Waals surface area contributed by atoms with Crippen LogP contribution in [0.3, 0.4) is 0 Å². The fraction of sp³-hybridized carbons (Fsp3) is 0.812. The van der Waals surface area contributed by atoms with Gasteiger partial charge in [-0.05, 0) is 36.5 Å². The number of hydrogen-bond acceptors (Lipinski definition) is 3. The second-order valence-electron chi connectivity index (χ2n) is 7.29. The van der Waals surface area contributed by atoms with Gasteiger partial charge in [-0.15, -0.1) is 0 Å². The second-order valence-corrected chi connectivity index (χ2v) is 7.29. The Labute approximate surface area is 115 Å². The molecular weight excluding hydrogens is 240 g/mol. The highest BCUT2D eigenvalue weighted by Gasteiger charge is 2.62. The molecule has 0 aromatic carbocycles. The average Bonchev–Trinajstić information content (AvgIpc) is 2.53. The van der Waals surface area contributed by atoms with E-state index < -0.39 is 5.79 Å². The summed E-state index contributed by atoms with van der Waals surface area (Å²) in [5.74, 6) is -0.771. The summed E-state index contributed by atoms with van der Waals surface area (Å²) in [5, 5.41) is 10.7. The summed E-state index contributed by atoms with van der Waals surface area (Å²) >= 11 is 0. The van der Waals surface area contributed by atoms with Gasteiger partial charge in [0.15, 0.2) is 0 Å². The van der Waals surface area contributed by atoms with Crippen LogP contribution in [-0.4, -0.2) is 16.9 Å². The van der Waals surface area contributed by atoms with E-state index in [1.807, 2.05) is 6.92 Å². The molecule has 1 aliphatic heterocycles. The molecule has 0 amide bonds. The van der Waals surface area contributed by atoms with Crippen molar-refractivity contribution >= 4 is 5.97 Å². The standard InChI is InChI=1S/C16H24O3/c1-9-5-6-15(4)8-16(18)13(7-12(15)10(9)2)11(3)14(17)19-16/h9,11-13,18H,2,5-8H2,1,3-4H3/t9-,11+,12-,13+,15-,16+/m1/s1. The van der Waals surface area contributed by atoms with Crippen molar-refractivity contribution in [3.05, 3.63) is 12.2 Å². The number of ether oxygens (including phenoxy) is 1. The van der Waals surface area contributed by atoms with Crippen molar-refractivity contribution in [1.29, 1.82) is 0 Å². The first-order valence-corrected chi connectivity index (χ1v) is 7.41. The summed E-state index contributed by atoms with van der Waals surface area (Å²) in [5.41, 5.74) is 1.33. The molecule has 106 valence electrons. The molecule has 0 radical (unpaired) electrons. The number of allylic oxidation sites excluding steroid dienone is 1. The predicted molar refractivity (Wildman–Crippen MR) is 72.1 cm³/mol. The molecule has 0 unspecified atom stereocenters.